The van der Waals surface area contributed by atoms with Crippen molar-refractivity contribution in [3.05, 3.63) is 50.9 Å². The molecule has 0 atom stereocenters. The SMILES string of the molecule is CCOc1cc(NCc2ccc(Br)c(Br)c2)ccc1OC. The van der Waals surface area contributed by atoms with Gasteiger partial charge in [0.25, 0.3) is 0 Å². The van der Waals surface area contributed by atoms with Crippen LogP contribution in [-0.2, 0) is 6.54 Å². The summed E-state index contributed by atoms with van der Waals surface area (Å²) in [4.78, 5) is 0. The summed E-state index contributed by atoms with van der Waals surface area (Å²) in [7, 11) is 1.64. The molecule has 0 fully saturated rings. The van der Waals surface area contributed by atoms with E-state index >= 15 is 0 Å². The van der Waals surface area contributed by atoms with Crippen molar-refractivity contribution in [1.82, 2.24) is 0 Å². The number of hydrogen-bond donors (Lipinski definition) is 1. The van der Waals surface area contributed by atoms with Crippen LogP contribution >= 0.6 is 31.9 Å². The molecule has 2 rings (SSSR count). The van der Waals surface area contributed by atoms with E-state index in [1.165, 1.54) is 5.56 Å². The second kappa shape index (κ2) is 7.71. The molecule has 2 aromatic carbocycles. The second-order valence-corrected chi connectivity index (χ2v) is 6.11. The van der Waals surface area contributed by atoms with E-state index in [0.29, 0.717) is 6.61 Å². The van der Waals surface area contributed by atoms with Crippen LogP contribution in [0.5, 0.6) is 11.5 Å². The molecule has 0 aliphatic rings. The topological polar surface area (TPSA) is 30.5 Å². The molecule has 5 heteroatoms. The van der Waals surface area contributed by atoms with Crippen LogP contribution in [0, 0.1) is 0 Å². The Balaban J connectivity index is 2.08. The number of benzene rings is 2. The summed E-state index contributed by atoms with van der Waals surface area (Å²) in [5.74, 6) is 1.50. The van der Waals surface area contributed by atoms with Gasteiger partial charge in [0.2, 0.25) is 0 Å². The van der Waals surface area contributed by atoms with E-state index in [-0.39, 0.29) is 0 Å². The molecule has 0 spiro atoms. The van der Waals surface area contributed by atoms with Gasteiger partial charge in [-0.25, -0.2) is 0 Å². The molecule has 0 saturated carbocycles. The minimum atomic E-state index is 0.611. The van der Waals surface area contributed by atoms with Crippen LogP contribution in [0.1, 0.15) is 12.5 Å². The van der Waals surface area contributed by atoms with Crippen LogP contribution in [0.4, 0.5) is 5.69 Å². The Hall–Kier alpha value is -1.20. The summed E-state index contributed by atoms with van der Waals surface area (Å²) in [6.45, 7) is 3.31. The van der Waals surface area contributed by atoms with Gasteiger partial charge < -0.3 is 14.8 Å². The van der Waals surface area contributed by atoms with Crippen molar-refractivity contribution in [2.24, 2.45) is 0 Å². The minimum absolute atomic E-state index is 0.611. The first-order valence-corrected chi connectivity index (χ1v) is 8.21. The number of hydrogen-bond acceptors (Lipinski definition) is 3. The van der Waals surface area contributed by atoms with Crippen LogP contribution in [0.15, 0.2) is 45.3 Å². The predicted octanol–water partition coefficient (Wildman–Crippen LogP) is 5.23. The third kappa shape index (κ3) is 4.38. The summed E-state index contributed by atoms with van der Waals surface area (Å²) in [5.41, 5.74) is 2.19. The molecule has 1 N–H and O–H groups in total. The Morgan fingerprint density at radius 3 is 2.48 bits per heavy atom. The van der Waals surface area contributed by atoms with Crippen LogP contribution in [0.2, 0.25) is 0 Å². The number of rotatable bonds is 6. The molecule has 0 amide bonds. The molecule has 0 heterocycles. The van der Waals surface area contributed by atoms with Gasteiger partial charge in [0.1, 0.15) is 0 Å². The molecule has 0 aliphatic carbocycles. The maximum absolute atomic E-state index is 5.58. The number of ether oxygens (including phenoxy) is 2. The predicted molar refractivity (Wildman–Crippen MR) is 93.3 cm³/mol. The van der Waals surface area contributed by atoms with E-state index in [1.54, 1.807) is 7.11 Å². The molecule has 0 aliphatic heterocycles. The fourth-order valence-electron chi connectivity index (χ4n) is 1.91. The summed E-state index contributed by atoms with van der Waals surface area (Å²) in [6, 6.07) is 12.0. The molecule has 0 aromatic heterocycles. The second-order valence-electron chi connectivity index (χ2n) is 4.40. The molecule has 2 aromatic rings. The third-order valence-electron chi connectivity index (χ3n) is 2.94. The fourth-order valence-corrected chi connectivity index (χ4v) is 2.58. The normalized spacial score (nSPS) is 10.3. The van der Waals surface area contributed by atoms with E-state index in [2.05, 4.69) is 49.3 Å². The van der Waals surface area contributed by atoms with Crippen LogP contribution in [-0.4, -0.2) is 13.7 Å². The highest BCUT2D eigenvalue weighted by Gasteiger charge is 2.05. The Morgan fingerprint density at radius 1 is 1.00 bits per heavy atom. The average Bonchev–Trinajstić information content (AvgIpc) is 2.49. The summed E-state index contributed by atoms with van der Waals surface area (Å²) in [6.07, 6.45) is 0. The van der Waals surface area contributed by atoms with Gasteiger partial charge in [-0.2, -0.15) is 0 Å². The smallest absolute Gasteiger partial charge is 0.163 e. The van der Waals surface area contributed by atoms with Crippen LogP contribution in [0.3, 0.4) is 0 Å². The molecule has 0 saturated heterocycles. The maximum atomic E-state index is 5.58. The van der Waals surface area contributed by atoms with Crippen LogP contribution < -0.4 is 14.8 Å². The Labute approximate surface area is 141 Å². The number of halogens is 2. The zero-order chi connectivity index (χ0) is 15.2. The molecule has 112 valence electrons. The Bertz CT molecular complexity index is 617. The summed E-state index contributed by atoms with van der Waals surface area (Å²) in [5, 5.41) is 3.39. The lowest BCUT2D eigenvalue weighted by atomic mass is 10.2. The summed E-state index contributed by atoms with van der Waals surface area (Å²) >= 11 is 6.98. The largest absolute Gasteiger partial charge is 0.493 e. The molecule has 0 unspecified atom stereocenters. The third-order valence-corrected chi connectivity index (χ3v) is 4.82. The van der Waals surface area contributed by atoms with E-state index in [1.807, 2.05) is 31.2 Å². The average molecular weight is 415 g/mol. The van der Waals surface area contributed by atoms with Crippen molar-refractivity contribution < 1.29 is 9.47 Å². The van der Waals surface area contributed by atoms with Crippen molar-refractivity contribution >= 4 is 37.5 Å². The van der Waals surface area contributed by atoms with Crippen molar-refractivity contribution in [2.45, 2.75) is 13.5 Å². The van der Waals surface area contributed by atoms with Crippen molar-refractivity contribution in [1.29, 1.82) is 0 Å². The van der Waals surface area contributed by atoms with Crippen molar-refractivity contribution in [2.75, 3.05) is 19.0 Å². The van der Waals surface area contributed by atoms with Gasteiger partial charge >= 0.3 is 0 Å². The quantitative estimate of drug-likeness (QED) is 0.701. The minimum Gasteiger partial charge on any atom is -0.493 e. The van der Waals surface area contributed by atoms with E-state index in [0.717, 1.165) is 32.7 Å². The van der Waals surface area contributed by atoms with Gasteiger partial charge in [-0.15, -0.1) is 0 Å². The van der Waals surface area contributed by atoms with Gasteiger partial charge in [0.15, 0.2) is 11.5 Å². The highest BCUT2D eigenvalue weighted by molar-refractivity contribution is 9.13. The first-order chi connectivity index (χ1) is 10.1. The number of anilines is 1. The van der Waals surface area contributed by atoms with E-state index < -0.39 is 0 Å². The van der Waals surface area contributed by atoms with Gasteiger partial charge in [0, 0.05) is 27.2 Å². The molecule has 0 bridgehead atoms. The zero-order valence-electron chi connectivity index (χ0n) is 12.0. The number of nitrogens with one attached hydrogen (secondary N) is 1. The first-order valence-electron chi connectivity index (χ1n) is 6.62. The van der Waals surface area contributed by atoms with Crippen molar-refractivity contribution in [3.63, 3.8) is 0 Å². The van der Waals surface area contributed by atoms with Gasteiger partial charge in [-0.05, 0) is 68.6 Å². The Kier molecular flexibility index (Phi) is 5.94. The maximum Gasteiger partial charge on any atom is 0.163 e. The lowest BCUT2D eigenvalue weighted by molar-refractivity contribution is 0.311. The van der Waals surface area contributed by atoms with Gasteiger partial charge in [-0.3, -0.25) is 0 Å². The van der Waals surface area contributed by atoms with Crippen LogP contribution in [0.25, 0.3) is 0 Å². The number of methoxy groups -OCH3 is 1. The lowest BCUT2D eigenvalue weighted by Gasteiger charge is -2.12. The standard InChI is InChI=1S/C16H17Br2NO2/c1-3-21-16-9-12(5-7-15(16)20-2)19-10-11-4-6-13(17)14(18)8-11/h4-9,19H,3,10H2,1-2H3. The Morgan fingerprint density at radius 2 is 1.81 bits per heavy atom. The first kappa shape index (κ1) is 16.2. The lowest BCUT2D eigenvalue weighted by Crippen LogP contribution is -2.01. The monoisotopic (exact) mass is 413 g/mol. The molecule has 0 radical (unpaired) electrons. The summed E-state index contributed by atoms with van der Waals surface area (Å²) < 4.78 is 13.0. The fraction of sp³-hybridized carbons (Fsp3) is 0.250. The zero-order valence-corrected chi connectivity index (χ0v) is 15.1. The molecular weight excluding hydrogens is 398 g/mol. The highest BCUT2D eigenvalue weighted by atomic mass is 79.9. The molecule has 3 nitrogen and oxygen atoms in total. The molecule has 21 heavy (non-hydrogen) atoms. The van der Waals surface area contributed by atoms with E-state index in [9.17, 15) is 0 Å². The van der Waals surface area contributed by atoms with Crippen molar-refractivity contribution in [3.8, 4) is 11.5 Å². The highest BCUT2D eigenvalue weighted by Crippen LogP contribution is 2.30. The van der Waals surface area contributed by atoms with E-state index in [4.69, 9.17) is 9.47 Å². The molecular formula is C16H17Br2NO2. The van der Waals surface area contributed by atoms with Gasteiger partial charge in [-0.1, -0.05) is 6.07 Å². The van der Waals surface area contributed by atoms with Gasteiger partial charge in [0.05, 0.1) is 13.7 Å².